The fourth-order valence-electron chi connectivity index (χ4n) is 2.70. The van der Waals surface area contributed by atoms with Crippen molar-refractivity contribution in [3.8, 4) is 11.3 Å². The molecule has 0 bridgehead atoms. The van der Waals surface area contributed by atoms with E-state index in [-0.39, 0.29) is 0 Å². The van der Waals surface area contributed by atoms with Crippen LogP contribution in [0.2, 0.25) is 0 Å². The molecule has 0 atom stereocenters. The number of hydrogen-bond acceptors (Lipinski definition) is 5. The molecule has 0 radical (unpaired) electrons. The Morgan fingerprint density at radius 1 is 1.15 bits per heavy atom. The average molecular weight is 376 g/mol. The van der Waals surface area contributed by atoms with E-state index >= 15 is 0 Å². The van der Waals surface area contributed by atoms with Gasteiger partial charge >= 0.3 is 6.18 Å². The third-order valence-electron chi connectivity index (χ3n) is 4.13. The van der Waals surface area contributed by atoms with Crippen LogP contribution < -0.4 is 4.90 Å². The number of likely N-dealkylation sites (N-methyl/N-ethyl adjacent to an activating group) is 1. The Kier molecular flexibility index (Phi) is 5.11. The number of benzene rings is 1. The van der Waals surface area contributed by atoms with Gasteiger partial charge in [-0.1, -0.05) is 12.1 Å². The summed E-state index contributed by atoms with van der Waals surface area (Å²) in [4.78, 5) is 6.15. The number of rotatable bonds is 5. The summed E-state index contributed by atoms with van der Waals surface area (Å²) in [6.45, 7) is 5.12. The number of nitrogens with zero attached hydrogens (tertiary/aromatic N) is 6. The van der Waals surface area contributed by atoms with Crippen LogP contribution in [0, 0.1) is 13.8 Å². The van der Waals surface area contributed by atoms with Gasteiger partial charge in [0.15, 0.2) is 0 Å². The highest BCUT2D eigenvalue weighted by Crippen LogP contribution is 2.31. The van der Waals surface area contributed by atoms with Gasteiger partial charge in [0, 0.05) is 24.8 Å². The molecule has 0 saturated carbocycles. The molecule has 27 heavy (non-hydrogen) atoms. The molecule has 0 saturated heterocycles. The molecule has 0 aliphatic carbocycles. The minimum atomic E-state index is -4.41. The molecule has 0 fully saturated rings. The first-order valence-corrected chi connectivity index (χ1v) is 8.33. The van der Waals surface area contributed by atoms with Crippen molar-refractivity contribution in [3.63, 3.8) is 0 Å². The maximum absolute atomic E-state index is 12.9. The summed E-state index contributed by atoms with van der Waals surface area (Å²) in [6, 6.07) is 7.00. The predicted octanol–water partition coefficient (Wildman–Crippen LogP) is 3.51. The average Bonchev–Trinajstić information content (AvgIpc) is 2.96. The Balaban J connectivity index is 1.78. The summed E-state index contributed by atoms with van der Waals surface area (Å²) in [7, 11) is 1.80. The van der Waals surface area contributed by atoms with Gasteiger partial charge in [-0.3, -0.25) is 4.68 Å². The van der Waals surface area contributed by atoms with Gasteiger partial charge in [0.05, 0.1) is 29.7 Å². The summed E-state index contributed by atoms with van der Waals surface area (Å²) < 4.78 is 40.7. The van der Waals surface area contributed by atoms with Crippen molar-refractivity contribution in [3.05, 3.63) is 53.5 Å². The molecule has 0 unspecified atom stereocenters. The van der Waals surface area contributed by atoms with E-state index in [9.17, 15) is 13.2 Å². The summed E-state index contributed by atoms with van der Waals surface area (Å²) in [5.41, 5.74) is 1.95. The number of hydrogen-bond donors (Lipinski definition) is 0. The Hall–Kier alpha value is -2.97. The summed E-state index contributed by atoms with van der Waals surface area (Å²) in [5.74, 6) is 0.339. The first-order valence-electron chi connectivity index (χ1n) is 8.33. The zero-order chi connectivity index (χ0) is 19.6. The Morgan fingerprint density at radius 2 is 1.93 bits per heavy atom. The van der Waals surface area contributed by atoms with Crippen LogP contribution >= 0.6 is 0 Å². The molecule has 9 heteroatoms. The number of alkyl halides is 3. The number of aryl methyl sites for hydroxylation is 2. The van der Waals surface area contributed by atoms with Gasteiger partial charge in [0.25, 0.3) is 0 Å². The molecule has 3 rings (SSSR count). The van der Waals surface area contributed by atoms with E-state index in [2.05, 4.69) is 20.3 Å². The molecule has 0 aliphatic rings. The Labute approximate surface area is 154 Å². The SMILES string of the molecule is Cc1cc(C)n(CCN(C)c2nncc(-c3cccc(C(F)(F)F)c3)n2)n1. The van der Waals surface area contributed by atoms with Gasteiger partial charge in [-0.15, -0.1) is 5.10 Å². The van der Waals surface area contributed by atoms with Crippen molar-refractivity contribution in [1.82, 2.24) is 25.0 Å². The van der Waals surface area contributed by atoms with Crippen LogP contribution in [0.25, 0.3) is 11.3 Å². The van der Waals surface area contributed by atoms with Crippen molar-refractivity contribution in [2.24, 2.45) is 0 Å². The molecule has 2 aromatic heterocycles. The number of anilines is 1. The minimum absolute atomic E-state index is 0.337. The van der Waals surface area contributed by atoms with E-state index in [1.54, 1.807) is 18.0 Å². The van der Waals surface area contributed by atoms with E-state index < -0.39 is 11.7 Å². The molecule has 0 N–H and O–H groups in total. The molecule has 0 spiro atoms. The van der Waals surface area contributed by atoms with Crippen LogP contribution in [0.1, 0.15) is 17.0 Å². The van der Waals surface area contributed by atoms with E-state index in [0.717, 1.165) is 23.5 Å². The van der Waals surface area contributed by atoms with Crippen LogP contribution in [-0.2, 0) is 12.7 Å². The first kappa shape index (κ1) is 18.8. The molecule has 0 amide bonds. The van der Waals surface area contributed by atoms with Gasteiger partial charge < -0.3 is 4.90 Å². The van der Waals surface area contributed by atoms with Crippen molar-refractivity contribution in [2.75, 3.05) is 18.5 Å². The van der Waals surface area contributed by atoms with Gasteiger partial charge in [-0.25, -0.2) is 4.98 Å². The smallest absolute Gasteiger partial charge is 0.341 e. The second kappa shape index (κ2) is 7.34. The number of aromatic nitrogens is 5. The molecular weight excluding hydrogens is 357 g/mol. The zero-order valence-electron chi connectivity index (χ0n) is 15.2. The second-order valence-electron chi connectivity index (χ2n) is 6.29. The van der Waals surface area contributed by atoms with Crippen molar-refractivity contribution in [2.45, 2.75) is 26.6 Å². The summed E-state index contributed by atoms with van der Waals surface area (Å²) >= 11 is 0. The van der Waals surface area contributed by atoms with Crippen molar-refractivity contribution >= 4 is 5.95 Å². The van der Waals surface area contributed by atoms with Crippen LogP contribution in [-0.4, -0.2) is 38.6 Å². The zero-order valence-corrected chi connectivity index (χ0v) is 15.2. The second-order valence-corrected chi connectivity index (χ2v) is 6.29. The van der Waals surface area contributed by atoms with Crippen LogP contribution in [0.5, 0.6) is 0 Å². The molecular formula is C18H19F3N6. The van der Waals surface area contributed by atoms with Gasteiger partial charge in [0.2, 0.25) is 5.95 Å². The topological polar surface area (TPSA) is 59.7 Å². The van der Waals surface area contributed by atoms with Gasteiger partial charge in [-0.2, -0.15) is 23.4 Å². The highest BCUT2D eigenvalue weighted by molar-refractivity contribution is 5.60. The van der Waals surface area contributed by atoms with E-state index in [1.807, 2.05) is 24.6 Å². The summed E-state index contributed by atoms with van der Waals surface area (Å²) in [6.07, 6.45) is -3.05. The molecule has 142 valence electrons. The van der Waals surface area contributed by atoms with Crippen molar-refractivity contribution < 1.29 is 13.2 Å². The lowest BCUT2D eigenvalue weighted by molar-refractivity contribution is -0.137. The van der Waals surface area contributed by atoms with Gasteiger partial charge in [-0.05, 0) is 32.0 Å². The predicted molar refractivity (Wildman–Crippen MR) is 95.2 cm³/mol. The Bertz CT molecular complexity index is 935. The highest BCUT2D eigenvalue weighted by Gasteiger charge is 2.30. The molecule has 1 aromatic carbocycles. The highest BCUT2D eigenvalue weighted by atomic mass is 19.4. The van der Waals surface area contributed by atoms with Crippen LogP contribution in [0.3, 0.4) is 0 Å². The normalized spacial score (nSPS) is 11.6. The molecule has 2 heterocycles. The largest absolute Gasteiger partial charge is 0.416 e. The quantitative estimate of drug-likeness (QED) is 0.682. The number of halogens is 3. The monoisotopic (exact) mass is 376 g/mol. The maximum Gasteiger partial charge on any atom is 0.416 e. The summed E-state index contributed by atoms with van der Waals surface area (Å²) in [5, 5.41) is 12.3. The van der Waals surface area contributed by atoms with Crippen LogP contribution in [0.15, 0.2) is 36.5 Å². The van der Waals surface area contributed by atoms with E-state index in [1.165, 1.54) is 12.3 Å². The third kappa shape index (κ3) is 4.42. The third-order valence-corrected chi connectivity index (χ3v) is 4.13. The standard InChI is InChI=1S/C18H19F3N6/c1-12-9-13(2)27(25-12)8-7-26(3)17-23-16(11-22-24-17)14-5-4-6-15(10-14)18(19,20)21/h4-6,9-11H,7-8H2,1-3H3. The van der Waals surface area contributed by atoms with E-state index in [4.69, 9.17) is 0 Å². The lowest BCUT2D eigenvalue weighted by atomic mass is 10.1. The maximum atomic E-state index is 12.9. The van der Waals surface area contributed by atoms with Gasteiger partial charge in [0.1, 0.15) is 0 Å². The van der Waals surface area contributed by atoms with Crippen LogP contribution in [0.4, 0.5) is 19.1 Å². The Morgan fingerprint density at radius 3 is 2.59 bits per heavy atom. The lowest BCUT2D eigenvalue weighted by Crippen LogP contribution is -2.25. The molecule has 6 nitrogen and oxygen atoms in total. The van der Waals surface area contributed by atoms with Crippen molar-refractivity contribution in [1.29, 1.82) is 0 Å². The molecule has 3 aromatic rings. The fourth-order valence-corrected chi connectivity index (χ4v) is 2.70. The lowest BCUT2D eigenvalue weighted by Gasteiger charge is -2.17. The fraction of sp³-hybridized carbons (Fsp3) is 0.333. The van der Waals surface area contributed by atoms with E-state index in [0.29, 0.717) is 30.3 Å². The first-order chi connectivity index (χ1) is 12.7. The molecule has 0 aliphatic heterocycles. The minimum Gasteiger partial charge on any atom is -0.341 e.